The molecule has 1 aromatic heterocycles. The van der Waals surface area contributed by atoms with E-state index in [1.165, 1.54) is 6.07 Å². The van der Waals surface area contributed by atoms with Crippen molar-refractivity contribution in [1.82, 2.24) is 10.3 Å². The van der Waals surface area contributed by atoms with Crippen LogP contribution in [0.15, 0.2) is 18.3 Å². The molecule has 3 nitrogen and oxygen atoms in total. The molecular formula is C9H11FN2O. The Labute approximate surface area is 78.7 Å². The molecule has 0 amide bonds. The third-order valence-corrected chi connectivity index (χ3v) is 1.85. The van der Waals surface area contributed by atoms with Gasteiger partial charge in [0.1, 0.15) is 11.9 Å². The zero-order valence-corrected chi connectivity index (χ0v) is 6.96. The smallest absolute Gasteiger partial charge is 0.141 e. The van der Waals surface area contributed by atoms with E-state index in [9.17, 15) is 4.39 Å². The molecular weight excluding hydrogens is 171 g/mol. The van der Waals surface area contributed by atoms with Gasteiger partial charge in [-0.1, -0.05) is 0 Å². The molecule has 1 N–H and O–H groups in total. The lowest BCUT2D eigenvalue weighted by Crippen LogP contribution is -2.33. The van der Waals surface area contributed by atoms with Gasteiger partial charge in [0.15, 0.2) is 0 Å². The number of pyridine rings is 1. The third kappa shape index (κ3) is 2.02. The highest BCUT2D eigenvalue weighted by molar-refractivity contribution is 5.09. The van der Waals surface area contributed by atoms with Crippen molar-refractivity contribution < 1.29 is 11.9 Å². The highest BCUT2D eigenvalue weighted by Crippen LogP contribution is 2.15. The summed E-state index contributed by atoms with van der Waals surface area (Å²) in [5.74, 6) is -0.391. The molecule has 1 aliphatic rings. The van der Waals surface area contributed by atoms with Gasteiger partial charge in [-0.15, -0.1) is 0 Å². The molecule has 0 spiro atoms. The van der Waals surface area contributed by atoms with Gasteiger partial charge >= 0.3 is 0 Å². The van der Waals surface area contributed by atoms with E-state index in [0.717, 1.165) is 6.20 Å². The Morgan fingerprint density at radius 1 is 1.69 bits per heavy atom. The van der Waals surface area contributed by atoms with Crippen molar-refractivity contribution in [2.24, 2.45) is 0 Å². The Bertz CT molecular complexity index is 334. The predicted molar refractivity (Wildman–Crippen MR) is 45.8 cm³/mol. The normalized spacial score (nSPS) is 29.2. The average Bonchev–Trinajstić information content (AvgIpc) is 2.20. The van der Waals surface area contributed by atoms with Crippen LogP contribution in [0.3, 0.4) is 0 Å². The SMILES string of the molecule is [2H]C1([2H])CO[C@@H](c2ccc(F)cn2)CN1. The van der Waals surface area contributed by atoms with Gasteiger partial charge < -0.3 is 10.1 Å². The lowest BCUT2D eigenvalue weighted by atomic mass is 10.2. The Kier molecular flexibility index (Phi) is 1.89. The fraction of sp³-hybridized carbons (Fsp3) is 0.444. The minimum absolute atomic E-state index is 0.0310. The first-order valence-electron chi connectivity index (χ1n) is 5.05. The number of rotatable bonds is 1. The summed E-state index contributed by atoms with van der Waals surface area (Å²) in [5, 5.41) is 2.70. The summed E-state index contributed by atoms with van der Waals surface area (Å²) in [6, 6.07) is 2.86. The number of hydrogen-bond acceptors (Lipinski definition) is 3. The predicted octanol–water partition coefficient (Wildman–Crippen LogP) is 0.882. The zero-order valence-electron chi connectivity index (χ0n) is 8.96. The molecule has 1 aliphatic heterocycles. The number of halogens is 1. The Balaban J connectivity index is 2.04. The fourth-order valence-electron chi connectivity index (χ4n) is 1.18. The summed E-state index contributed by atoms with van der Waals surface area (Å²) in [5.41, 5.74) is 0.611. The summed E-state index contributed by atoms with van der Waals surface area (Å²) in [7, 11) is 0. The van der Waals surface area contributed by atoms with Gasteiger partial charge in [-0.05, 0) is 12.1 Å². The fourth-order valence-corrected chi connectivity index (χ4v) is 1.18. The van der Waals surface area contributed by atoms with Crippen LogP contribution in [-0.2, 0) is 4.74 Å². The van der Waals surface area contributed by atoms with E-state index >= 15 is 0 Å². The summed E-state index contributed by atoms with van der Waals surface area (Å²) < 4.78 is 32.6. The molecule has 0 unspecified atom stereocenters. The summed E-state index contributed by atoms with van der Waals surface area (Å²) in [4.78, 5) is 3.89. The van der Waals surface area contributed by atoms with E-state index in [2.05, 4.69) is 10.3 Å². The molecule has 1 atom stereocenters. The maximum atomic E-state index is 12.6. The van der Waals surface area contributed by atoms with E-state index in [4.69, 9.17) is 7.48 Å². The topological polar surface area (TPSA) is 34.1 Å². The van der Waals surface area contributed by atoms with E-state index in [-0.39, 0.29) is 12.7 Å². The number of morpholine rings is 1. The molecule has 1 fully saturated rings. The number of nitrogens with zero attached hydrogens (tertiary/aromatic N) is 1. The molecule has 0 saturated carbocycles. The van der Waals surface area contributed by atoms with Crippen LogP contribution in [0.4, 0.5) is 4.39 Å². The van der Waals surface area contributed by atoms with Crippen LogP contribution < -0.4 is 5.32 Å². The Hall–Kier alpha value is -1.00. The van der Waals surface area contributed by atoms with E-state index in [0.29, 0.717) is 12.2 Å². The lowest BCUT2D eigenvalue weighted by Gasteiger charge is -2.22. The average molecular weight is 184 g/mol. The second kappa shape index (κ2) is 3.81. The molecule has 1 saturated heterocycles. The molecule has 4 heteroatoms. The van der Waals surface area contributed by atoms with Crippen molar-refractivity contribution >= 4 is 0 Å². The maximum absolute atomic E-state index is 12.6. The van der Waals surface area contributed by atoms with Gasteiger partial charge in [-0.2, -0.15) is 0 Å². The standard InChI is InChI=1S/C9H11FN2O/c10-7-1-2-8(12-5-7)9-6-11-3-4-13-9/h1-2,5,9,11H,3-4,6H2/t9-/m1/s1/i3D2. The van der Waals surface area contributed by atoms with E-state index in [1.807, 2.05) is 0 Å². The minimum atomic E-state index is -1.49. The van der Waals surface area contributed by atoms with E-state index < -0.39 is 12.3 Å². The van der Waals surface area contributed by atoms with Crippen molar-refractivity contribution in [3.63, 3.8) is 0 Å². The van der Waals surface area contributed by atoms with Crippen molar-refractivity contribution in [3.05, 3.63) is 29.8 Å². The number of nitrogens with one attached hydrogen (secondary N) is 1. The molecule has 0 aromatic carbocycles. The quantitative estimate of drug-likeness (QED) is 0.703. The van der Waals surface area contributed by atoms with Crippen molar-refractivity contribution in [3.8, 4) is 0 Å². The molecule has 2 rings (SSSR count). The minimum Gasteiger partial charge on any atom is -0.369 e. The molecule has 0 aliphatic carbocycles. The highest BCUT2D eigenvalue weighted by atomic mass is 19.1. The van der Waals surface area contributed by atoms with Crippen LogP contribution in [0.25, 0.3) is 0 Å². The van der Waals surface area contributed by atoms with Gasteiger partial charge in [-0.3, -0.25) is 4.98 Å². The summed E-state index contributed by atoms with van der Waals surface area (Å²) in [6.07, 6.45) is 0.816. The number of hydrogen-bond donors (Lipinski definition) is 1. The number of aromatic nitrogens is 1. The van der Waals surface area contributed by atoms with Crippen LogP contribution in [-0.4, -0.2) is 24.6 Å². The van der Waals surface area contributed by atoms with Crippen LogP contribution >= 0.6 is 0 Å². The maximum Gasteiger partial charge on any atom is 0.141 e. The number of ether oxygens (including phenoxy) is 1. The van der Waals surface area contributed by atoms with Gasteiger partial charge in [0.25, 0.3) is 0 Å². The van der Waals surface area contributed by atoms with Crippen molar-refractivity contribution in [2.45, 2.75) is 6.10 Å². The van der Waals surface area contributed by atoms with Crippen LogP contribution in [0.2, 0.25) is 0 Å². The molecule has 2 heterocycles. The summed E-state index contributed by atoms with van der Waals surface area (Å²) in [6.45, 7) is -1.18. The highest BCUT2D eigenvalue weighted by Gasteiger charge is 2.16. The Morgan fingerprint density at radius 3 is 3.23 bits per heavy atom. The van der Waals surface area contributed by atoms with Gasteiger partial charge in [0.2, 0.25) is 0 Å². The lowest BCUT2D eigenvalue weighted by molar-refractivity contribution is 0.0249. The first kappa shape index (κ1) is 6.45. The monoisotopic (exact) mass is 184 g/mol. The zero-order chi connectivity index (χ0) is 10.9. The largest absolute Gasteiger partial charge is 0.369 e. The molecule has 0 radical (unpaired) electrons. The summed E-state index contributed by atoms with van der Waals surface area (Å²) >= 11 is 0. The molecule has 13 heavy (non-hydrogen) atoms. The molecule has 70 valence electrons. The molecule has 0 bridgehead atoms. The second-order valence-corrected chi connectivity index (χ2v) is 2.76. The van der Waals surface area contributed by atoms with E-state index in [1.54, 1.807) is 6.07 Å². The van der Waals surface area contributed by atoms with Crippen LogP contribution in [0, 0.1) is 5.82 Å². The first-order chi connectivity index (χ1) is 7.07. The van der Waals surface area contributed by atoms with Crippen molar-refractivity contribution in [1.29, 1.82) is 0 Å². The second-order valence-electron chi connectivity index (χ2n) is 2.76. The molecule has 1 aromatic rings. The van der Waals surface area contributed by atoms with Gasteiger partial charge in [-0.25, -0.2) is 4.39 Å². The van der Waals surface area contributed by atoms with Crippen LogP contribution in [0.1, 0.15) is 14.5 Å². The Morgan fingerprint density at radius 2 is 2.62 bits per heavy atom. The van der Waals surface area contributed by atoms with Gasteiger partial charge in [0.05, 0.1) is 18.5 Å². The van der Waals surface area contributed by atoms with Gasteiger partial charge in [0, 0.05) is 15.8 Å². The first-order valence-corrected chi connectivity index (χ1v) is 4.05. The van der Waals surface area contributed by atoms with Crippen LogP contribution in [0.5, 0.6) is 0 Å². The third-order valence-electron chi connectivity index (χ3n) is 1.85. The van der Waals surface area contributed by atoms with Crippen molar-refractivity contribution in [2.75, 3.05) is 19.6 Å².